The number of likely N-dealkylation sites (tertiary alicyclic amines) is 1. The Morgan fingerprint density at radius 1 is 0.935 bits per heavy atom. The van der Waals surface area contributed by atoms with Crippen LogP contribution in [0.1, 0.15) is 17.9 Å². The highest BCUT2D eigenvalue weighted by Crippen LogP contribution is 2.29. The molecule has 0 N–H and O–H groups in total. The van der Waals surface area contributed by atoms with Crippen LogP contribution in [0.5, 0.6) is 5.75 Å². The molecule has 0 aliphatic carbocycles. The van der Waals surface area contributed by atoms with Gasteiger partial charge in [0.15, 0.2) is 5.43 Å². The van der Waals surface area contributed by atoms with Gasteiger partial charge in [0, 0.05) is 29.8 Å². The smallest absolute Gasteiger partial charge is 0.242 e. The molecular formula is C26H24N2O3. The van der Waals surface area contributed by atoms with Crippen molar-refractivity contribution in [1.29, 1.82) is 0 Å². The van der Waals surface area contributed by atoms with Crippen molar-refractivity contribution >= 4 is 27.7 Å². The van der Waals surface area contributed by atoms with E-state index in [1.54, 1.807) is 7.11 Å². The zero-order valence-corrected chi connectivity index (χ0v) is 17.5. The van der Waals surface area contributed by atoms with Crippen LogP contribution in [0, 0.1) is 0 Å². The number of rotatable bonds is 4. The lowest BCUT2D eigenvalue weighted by molar-refractivity contribution is -0.130. The fourth-order valence-corrected chi connectivity index (χ4v) is 4.62. The summed E-state index contributed by atoms with van der Waals surface area (Å²) in [5, 5.41) is 1.29. The highest BCUT2D eigenvalue weighted by atomic mass is 16.5. The van der Waals surface area contributed by atoms with Gasteiger partial charge in [0.05, 0.1) is 18.1 Å². The van der Waals surface area contributed by atoms with Gasteiger partial charge in [-0.15, -0.1) is 0 Å². The summed E-state index contributed by atoms with van der Waals surface area (Å²) in [6, 6.07) is 23.2. The number of amides is 1. The fraction of sp³-hybridized carbons (Fsp3) is 0.231. The number of carbonyl (C=O) groups excluding carboxylic acids is 1. The average molecular weight is 412 g/mol. The minimum Gasteiger partial charge on any atom is -0.497 e. The fourth-order valence-electron chi connectivity index (χ4n) is 4.62. The van der Waals surface area contributed by atoms with E-state index in [1.807, 2.05) is 70.1 Å². The summed E-state index contributed by atoms with van der Waals surface area (Å²) in [7, 11) is 1.66. The molecule has 5 rings (SSSR count). The zero-order valence-electron chi connectivity index (χ0n) is 17.5. The largest absolute Gasteiger partial charge is 0.497 e. The van der Waals surface area contributed by atoms with Gasteiger partial charge in [-0.3, -0.25) is 9.59 Å². The first kappa shape index (κ1) is 19.4. The number of pyridine rings is 1. The Hall–Kier alpha value is -3.60. The topological polar surface area (TPSA) is 51.5 Å². The molecule has 2 heterocycles. The predicted octanol–water partition coefficient (Wildman–Crippen LogP) is 4.18. The number of hydrogen-bond donors (Lipinski definition) is 0. The normalized spacial score (nSPS) is 16.2. The molecule has 0 spiro atoms. The lowest BCUT2D eigenvalue weighted by Crippen LogP contribution is -2.32. The maximum Gasteiger partial charge on any atom is 0.242 e. The number of ether oxygens (including phenoxy) is 1. The molecule has 4 aromatic rings. The van der Waals surface area contributed by atoms with Gasteiger partial charge in [-0.2, -0.15) is 0 Å². The Kier molecular flexibility index (Phi) is 4.94. The van der Waals surface area contributed by atoms with Gasteiger partial charge in [0.1, 0.15) is 12.3 Å². The molecule has 1 saturated heterocycles. The van der Waals surface area contributed by atoms with Crippen LogP contribution in [0.25, 0.3) is 21.8 Å². The number of hydrogen-bond acceptors (Lipinski definition) is 3. The summed E-state index contributed by atoms with van der Waals surface area (Å²) in [5.41, 5.74) is 2.84. The molecule has 5 heteroatoms. The first-order valence-electron chi connectivity index (χ1n) is 10.6. The third-order valence-corrected chi connectivity index (χ3v) is 6.30. The number of aromatic nitrogens is 1. The Bertz CT molecular complexity index is 1260. The number of para-hydroxylation sites is 2. The first-order valence-corrected chi connectivity index (χ1v) is 10.6. The SMILES string of the molecule is COc1ccc(C2CCN(C(=O)Cn3c4ccccc4c(=O)c4ccccc43)C2)cc1. The molecule has 0 radical (unpaired) electrons. The van der Waals surface area contributed by atoms with Crippen LogP contribution in [-0.2, 0) is 11.3 Å². The highest BCUT2D eigenvalue weighted by molar-refractivity contribution is 5.94. The van der Waals surface area contributed by atoms with Gasteiger partial charge >= 0.3 is 0 Å². The summed E-state index contributed by atoms with van der Waals surface area (Å²) in [6.45, 7) is 1.67. The van der Waals surface area contributed by atoms with Crippen molar-refractivity contribution in [3.63, 3.8) is 0 Å². The second-order valence-electron chi connectivity index (χ2n) is 8.05. The van der Waals surface area contributed by atoms with Crippen molar-refractivity contribution in [2.24, 2.45) is 0 Å². The molecule has 1 aliphatic rings. The van der Waals surface area contributed by atoms with Crippen LogP contribution >= 0.6 is 0 Å². The van der Waals surface area contributed by atoms with Crippen LogP contribution in [0.2, 0.25) is 0 Å². The maximum atomic E-state index is 13.3. The Labute approximate surface area is 180 Å². The standard InChI is InChI=1S/C26H24N2O3/c1-31-20-12-10-18(11-13-20)19-14-15-27(16-19)25(29)17-28-23-8-4-2-6-21(23)26(30)22-7-3-5-9-24(22)28/h2-13,19H,14-17H2,1H3. The van der Waals surface area contributed by atoms with Gasteiger partial charge in [0.25, 0.3) is 0 Å². The molecule has 1 unspecified atom stereocenters. The molecule has 1 aliphatic heterocycles. The van der Waals surface area contributed by atoms with E-state index < -0.39 is 0 Å². The van der Waals surface area contributed by atoms with Crippen molar-refractivity contribution in [2.75, 3.05) is 20.2 Å². The third-order valence-electron chi connectivity index (χ3n) is 6.30. The molecule has 1 fully saturated rings. The first-order chi connectivity index (χ1) is 15.2. The number of carbonyl (C=O) groups is 1. The molecule has 3 aromatic carbocycles. The van der Waals surface area contributed by atoms with E-state index >= 15 is 0 Å². The van der Waals surface area contributed by atoms with Crippen LogP contribution in [0.15, 0.2) is 77.6 Å². The van der Waals surface area contributed by atoms with Gasteiger partial charge < -0.3 is 14.2 Å². The van der Waals surface area contributed by atoms with Gasteiger partial charge in [-0.1, -0.05) is 36.4 Å². The Balaban J connectivity index is 1.44. The average Bonchev–Trinajstić information content (AvgIpc) is 3.32. The lowest BCUT2D eigenvalue weighted by Gasteiger charge is -2.20. The van der Waals surface area contributed by atoms with Crippen LogP contribution in [0.3, 0.4) is 0 Å². The van der Waals surface area contributed by atoms with E-state index in [0.29, 0.717) is 23.2 Å². The van der Waals surface area contributed by atoms with Gasteiger partial charge in [-0.05, 0) is 48.4 Å². The van der Waals surface area contributed by atoms with Gasteiger partial charge in [-0.25, -0.2) is 0 Å². The van der Waals surface area contributed by atoms with Crippen molar-refractivity contribution < 1.29 is 9.53 Å². The Morgan fingerprint density at radius 2 is 1.55 bits per heavy atom. The number of nitrogens with zero attached hydrogens (tertiary/aromatic N) is 2. The molecule has 31 heavy (non-hydrogen) atoms. The molecule has 0 bridgehead atoms. The minimum absolute atomic E-state index is 0.00985. The third kappa shape index (κ3) is 3.46. The van der Waals surface area contributed by atoms with E-state index in [-0.39, 0.29) is 17.9 Å². The van der Waals surface area contributed by atoms with E-state index in [1.165, 1.54) is 5.56 Å². The van der Waals surface area contributed by atoms with E-state index in [0.717, 1.165) is 29.7 Å². The van der Waals surface area contributed by atoms with Crippen LogP contribution in [0.4, 0.5) is 0 Å². The van der Waals surface area contributed by atoms with E-state index in [9.17, 15) is 9.59 Å². The summed E-state index contributed by atoms with van der Waals surface area (Å²) >= 11 is 0. The van der Waals surface area contributed by atoms with Crippen molar-refractivity contribution in [3.05, 3.63) is 88.6 Å². The summed E-state index contributed by atoms with van der Waals surface area (Å²) in [5.74, 6) is 1.25. The molecule has 1 amide bonds. The van der Waals surface area contributed by atoms with Crippen LogP contribution < -0.4 is 10.2 Å². The molecule has 156 valence electrons. The van der Waals surface area contributed by atoms with E-state index in [2.05, 4.69) is 12.1 Å². The lowest BCUT2D eigenvalue weighted by atomic mass is 9.98. The Morgan fingerprint density at radius 3 is 2.16 bits per heavy atom. The second-order valence-corrected chi connectivity index (χ2v) is 8.05. The zero-order chi connectivity index (χ0) is 21.4. The number of benzene rings is 3. The molecule has 1 atom stereocenters. The minimum atomic E-state index is 0.00985. The summed E-state index contributed by atoms with van der Waals surface area (Å²) in [6.07, 6.45) is 0.948. The van der Waals surface area contributed by atoms with Crippen molar-refractivity contribution in [2.45, 2.75) is 18.9 Å². The molecule has 0 saturated carbocycles. The van der Waals surface area contributed by atoms with E-state index in [4.69, 9.17) is 4.74 Å². The number of fused-ring (bicyclic) bond motifs is 2. The van der Waals surface area contributed by atoms with Crippen molar-refractivity contribution in [3.8, 4) is 5.75 Å². The van der Waals surface area contributed by atoms with Crippen LogP contribution in [-0.4, -0.2) is 35.6 Å². The summed E-state index contributed by atoms with van der Waals surface area (Å²) < 4.78 is 7.23. The highest BCUT2D eigenvalue weighted by Gasteiger charge is 2.28. The summed E-state index contributed by atoms with van der Waals surface area (Å²) in [4.78, 5) is 28.1. The second kappa shape index (κ2) is 7.91. The quantitative estimate of drug-likeness (QED) is 0.473. The molecule has 1 aromatic heterocycles. The van der Waals surface area contributed by atoms with Gasteiger partial charge in [0.2, 0.25) is 5.91 Å². The maximum absolute atomic E-state index is 13.3. The van der Waals surface area contributed by atoms with Crippen molar-refractivity contribution in [1.82, 2.24) is 9.47 Å². The predicted molar refractivity (Wildman–Crippen MR) is 123 cm³/mol. The number of methoxy groups -OCH3 is 1. The molecular weight excluding hydrogens is 388 g/mol. The monoisotopic (exact) mass is 412 g/mol. The molecule has 5 nitrogen and oxygen atoms in total.